The molecule has 0 saturated heterocycles. The van der Waals surface area contributed by atoms with Crippen molar-refractivity contribution < 1.29 is 9.90 Å². The van der Waals surface area contributed by atoms with Gasteiger partial charge in [0.05, 0.1) is 5.69 Å². The van der Waals surface area contributed by atoms with Crippen LogP contribution in [0.3, 0.4) is 0 Å². The number of thiazole rings is 1. The van der Waals surface area contributed by atoms with Gasteiger partial charge in [-0.1, -0.05) is 12.8 Å². The summed E-state index contributed by atoms with van der Waals surface area (Å²) in [4.78, 5) is 17.0. The molecule has 90 valence electrons. The first kappa shape index (κ1) is 10.8. The molecule has 2 heterocycles. The SMILES string of the molecule is Cc1csc2nc(C3(C(=O)O)CCCC3)cn12. The Bertz CT molecular complexity index is 578. The standard InChI is InChI=1S/C12H14N2O2S/c1-8-7-17-11-13-9(6-14(8)11)12(10(15)16)4-2-3-5-12/h6-7H,2-5H2,1H3,(H,15,16). The average molecular weight is 250 g/mol. The number of carbonyl (C=O) groups is 1. The molecule has 0 aromatic carbocycles. The van der Waals surface area contributed by atoms with Crippen LogP contribution in [-0.2, 0) is 10.2 Å². The minimum atomic E-state index is -0.738. The van der Waals surface area contributed by atoms with E-state index in [9.17, 15) is 9.90 Å². The maximum Gasteiger partial charge on any atom is 0.315 e. The molecule has 0 spiro atoms. The van der Waals surface area contributed by atoms with Crippen LogP contribution in [0.5, 0.6) is 0 Å². The molecule has 0 unspecified atom stereocenters. The summed E-state index contributed by atoms with van der Waals surface area (Å²) in [6.45, 7) is 2.01. The highest BCUT2D eigenvalue weighted by Gasteiger charge is 2.45. The molecule has 4 nitrogen and oxygen atoms in total. The topological polar surface area (TPSA) is 54.6 Å². The quantitative estimate of drug-likeness (QED) is 0.891. The second kappa shape index (κ2) is 3.57. The lowest BCUT2D eigenvalue weighted by atomic mass is 9.83. The molecule has 1 aliphatic rings. The summed E-state index contributed by atoms with van der Waals surface area (Å²) in [7, 11) is 0. The second-order valence-corrected chi connectivity index (χ2v) is 5.59. The Morgan fingerprint density at radius 2 is 2.24 bits per heavy atom. The Labute approximate surface area is 103 Å². The fourth-order valence-electron chi connectivity index (χ4n) is 2.68. The first-order valence-corrected chi connectivity index (χ1v) is 6.68. The summed E-state index contributed by atoms with van der Waals surface area (Å²) < 4.78 is 1.99. The number of aryl methyl sites for hydroxylation is 1. The van der Waals surface area contributed by atoms with Gasteiger partial charge in [0.15, 0.2) is 4.96 Å². The number of hydrogen-bond acceptors (Lipinski definition) is 3. The van der Waals surface area contributed by atoms with Gasteiger partial charge in [-0.05, 0) is 19.8 Å². The Balaban J connectivity index is 2.15. The number of hydrogen-bond donors (Lipinski definition) is 1. The summed E-state index contributed by atoms with van der Waals surface area (Å²) in [6, 6.07) is 0. The lowest BCUT2D eigenvalue weighted by Gasteiger charge is -2.20. The van der Waals surface area contributed by atoms with Gasteiger partial charge in [-0.25, -0.2) is 4.98 Å². The minimum absolute atomic E-state index is 0.714. The minimum Gasteiger partial charge on any atom is -0.481 e. The van der Waals surface area contributed by atoms with Crippen molar-refractivity contribution in [1.82, 2.24) is 9.38 Å². The second-order valence-electron chi connectivity index (χ2n) is 4.75. The van der Waals surface area contributed by atoms with Gasteiger partial charge in [-0.3, -0.25) is 9.20 Å². The van der Waals surface area contributed by atoms with Crippen molar-refractivity contribution in [3.8, 4) is 0 Å². The van der Waals surface area contributed by atoms with E-state index < -0.39 is 11.4 Å². The van der Waals surface area contributed by atoms with Gasteiger partial charge in [0, 0.05) is 17.3 Å². The van der Waals surface area contributed by atoms with Gasteiger partial charge < -0.3 is 5.11 Å². The van der Waals surface area contributed by atoms with Gasteiger partial charge in [0.2, 0.25) is 0 Å². The third kappa shape index (κ3) is 1.42. The Hall–Kier alpha value is -1.36. The molecule has 2 aromatic heterocycles. The van der Waals surface area contributed by atoms with Crippen LogP contribution in [0.15, 0.2) is 11.6 Å². The number of rotatable bonds is 2. The monoisotopic (exact) mass is 250 g/mol. The van der Waals surface area contributed by atoms with E-state index in [0.29, 0.717) is 12.8 Å². The molecule has 2 aromatic rings. The van der Waals surface area contributed by atoms with Crippen LogP contribution in [0.4, 0.5) is 0 Å². The van der Waals surface area contributed by atoms with Crippen LogP contribution in [-0.4, -0.2) is 20.5 Å². The van der Waals surface area contributed by atoms with Crippen molar-refractivity contribution >= 4 is 22.3 Å². The van der Waals surface area contributed by atoms with E-state index in [2.05, 4.69) is 4.98 Å². The van der Waals surface area contributed by atoms with Crippen molar-refractivity contribution in [2.45, 2.75) is 38.0 Å². The van der Waals surface area contributed by atoms with E-state index in [0.717, 1.165) is 29.2 Å². The highest BCUT2D eigenvalue weighted by molar-refractivity contribution is 7.15. The van der Waals surface area contributed by atoms with Gasteiger partial charge in [0.25, 0.3) is 0 Å². The highest BCUT2D eigenvalue weighted by Crippen LogP contribution is 2.41. The zero-order chi connectivity index (χ0) is 12.0. The number of fused-ring (bicyclic) bond motifs is 1. The number of carboxylic acid groups (broad SMARTS) is 1. The molecule has 1 N–H and O–H groups in total. The van der Waals surface area contributed by atoms with Crippen LogP contribution in [0.1, 0.15) is 37.1 Å². The lowest BCUT2D eigenvalue weighted by Crippen LogP contribution is -2.32. The summed E-state index contributed by atoms with van der Waals surface area (Å²) in [5, 5.41) is 11.5. The van der Waals surface area contributed by atoms with E-state index in [4.69, 9.17) is 0 Å². The number of nitrogens with zero attached hydrogens (tertiary/aromatic N) is 2. The molecule has 1 aliphatic carbocycles. The molecule has 0 atom stereocenters. The van der Waals surface area contributed by atoms with E-state index in [-0.39, 0.29) is 0 Å². The van der Waals surface area contributed by atoms with Crippen molar-refractivity contribution in [3.05, 3.63) is 23.0 Å². The van der Waals surface area contributed by atoms with Crippen LogP contribution in [0.25, 0.3) is 4.96 Å². The van der Waals surface area contributed by atoms with E-state index in [1.807, 2.05) is 22.9 Å². The van der Waals surface area contributed by atoms with Crippen molar-refractivity contribution in [2.75, 3.05) is 0 Å². The number of aromatic nitrogens is 2. The van der Waals surface area contributed by atoms with Crippen LogP contribution in [0, 0.1) is 6.92 Å². The average Bonchev–Trinajstić information content (AvgIpc) is 2.95. The Kier molecular flexibility index (Phi) is 2.26. The van der Waals surface area contributed by atoms with Gasteiger partial charge >= 0.3 is 5.97 Å². The van der Waals surface area contributed by atoms with Crippen LogP contribution in [0.2, 0.25) is 0 Å². The Morgan fingerprint density at radius 3 is 2.82 bits per heavy atom. The van der Waals surface area contributed by atoms with E-state index in [1.54, 1.807) is 11.3 Å². The summed E-state index contributed by atoms with van der Waals surface area (Å²) in [5.74, 6) is -0.724. The zero-order valence-corrected chi connectivity index (χ0v) is 10.5. The molecule has 0 bridgehead atoms. The van der Waals surface area contributed by atoms with Gasteiger partial charge in [0.1, 0.15) is 5.41 Å². The summed E-state index contributed by atoms with van der Waals surface area (Å²) >= 11 is 1.56. The van der Waals surface area contributed by atoms with Crippen molar-refractivity contribution in [2.24, 2.45) is 0 Å². The van der Waals surface area contributed by atoms with E-state index >= 15 is 0 Å². The lowest BCUT2D eigenvalue weighted by molar-refractivity contribution is -0.143. The maximum atomic E-state index is 11.6. The smallest absolute Gasteiger partial charge is 0.315 e. The molecular weight excluding hydrogens is 236 g/mol. The Morgan fingerprint density at radius 1 is 1.53 bits per heavy atom. The molecule has 0 aliphatic heterocycles. The van der Waals surface area contributed by atoms with E-state index in [1.165, 1.54) is 0 Å². The first-order valence-electron chi connectivity index (χ1n) is 5.80. The van der Waals surface area contributed by atoms with Crippen LogP contribution >= 0.6 is 11.3 Å². The molecule has 1 fully saturated rings. The molecule has 5 heteroatoms. The normalized spacial score (nSPS) is 18.9. The molecule has 0 radical (unpaired) electrons. The highest BCUT2D eigenvalue weighted by atomic mass is 32.1. The third-order valence-electron chi connectivity index (χ3n) is 3.75. The largest absolute Gasteiger partial charge is 0.481 e. The van der Waals surface area contributed by atoms with Crippen molar-refractivity contribution in [3.63, 3.8) is 0 Å². The predicted octanol–water partition coefficient (Wildman–Crippen LogP) is 2.60. The molecule has 17 heavy (non-hydrogen) atoms. The summed E-state index contributed by atoms with van der Waals surface area (Å²) in [5.41, 5.74) is 1.11. The van der Waals surface area contributed by atoms with Gasteiger partial charge in [-0.2, -0.15) is 0 Å². The summed E-state index contributed by atoms with van der Waals surface area (Å²) in [6.07, 6.45) is 5.30. The molecule has 3 rings (SSSR count). The molecule has 0 amide bonds. The fraction of sp³-hybridized carbons (Fsp3) is 0.500. The third-order valence-corrected chi connectivity index (χ3v) is 4.70. The number of imidazole rings is 1. The molecule has 1 saturated carbocycles. The predicted molar refractivity (Wildman–Crippen MR) is 65.6 cm³/mol. The maximum absolute atomic E-state index is 11.6. The number of aliphatic carboxylic acids is 1. The zero-order valence-electron chi connectivity index (χ0n) is 9.64. The fourth-order valence-corrected chi connectivity index (χ4v) is 3.53. The first-order chi connectivity index (χ1) is 8.13. The molecular formula is C12H14N2O2S. The number of carboxylic acids is 1. The van der Waals surface area contributed by atoms with Gasteiger partial charge in [-0.15, -0.1) is 11.3 Å². The van der Waals surface area contributed by atoms with Crippen molar-refractivity contribution in [1.29, 1.82) is 0 Å². The van der Waals surface area contributed by atoms with Crippen LogP contribution < -0.4 is 0 Å².